The van der Waals surface area contributed by atoms with Crippen LogP contribution in [0.4, 0.5) is 0 Å². The zero-order valence-electron chi connectivity index (χ0n) is 26.5. The predicted octanol–water partition coefficient (Wildman–Crippen LogP) is 5.30. The fourth-order valence-electron chi connectivity index (χ4n) is 4.80. The first-order chi connectivity index (χ1) is 22.1. The molecule has 2 aromatic rings. The van der Waals surface area contributed by atoms with E-state index in [0.29, 0.717) is 46.6 Å². The minimum absolute atomic E-state index is 0.0497. The molecule has 46 heavy (non-hydrogen) atoms. The Balaban J connectivity index is 2.01. The topological polar surface area (TPSA) is 144 Å². The van der Waals surface area contributed by atoms with E-state index in [4.69, 9.17) is 28.4 Å². The monoisotopic (exact) mass is 660 g/mol. The lowest BCUT2D eigenvalue weighted by atomic mass is 9.90. The molecule has 0 radical (unpaired) electrons. The molecule has 0 amide bonds. The highest BCUT2D eigenvalue weighted by Gasteiger charge is 2.29. The number of carbonyl (C=O) groups is 2. The van der Waals surface area contributed by atoms with Crippen LogP contribution in [0.1, 0.15) is 50.7 Å². The zero-order valence-corrected chi connectivity index (χ0v) is 27.4. The first-order valence-electron chi connectivity index (χ1n) is 15.4. The zero-order chi connectivity index (χ0) is 33.5. The van der Waals surface area contributed by atoms with Crippen molar-refractivity contribution < 1.29 is 51.0 Å². The number of allylic oxidation sites excluding steroid dienone is 2. The maximum Gasteiger partial charge on any atom is 0.330 e. The number of benzene rings is 2. The number of fused-ring (bicyclic) bond motifs is 2. The molecule has 1 N–H and O–H groups in total. The second-order valence-corrected chi connectivity index (χ2v) is 12.2. The van der Waals surface area contributed by atoms with Crippen LogP contribution in [0.5, 0.6) is 11.5 Å². The van der Waals surface area contributed by atoms with Crippen LogP contribution in [-0.4, -0.2) is 76.8 Å². The minimum atomic E-state index is -4.50. The largest absolute Gasteiger partial charge is 0.489 e. The van der Waals surface area contributed by atoms with Gasteiger partial charge >= 0.3 is 11.9 Å². The molecule has 12 heteroatoms. The van der Waals surface area contributed by atoms with Crippen LogP contribution in [0.2, 0.25) is 0 Å². The van der Waals surface area contributed by atoms with Gasteiger partial charge in [0, 0.05) is 53.7 Å². The summed E-state index contributed by atoms with van der Waals surface area (Å²) in [6.07, 6.45) is 5.56. The molecule has 252 valence electrons. The molecular formula is C34H44O11S. The van der Waals surface area contributed by atoms with Crippen LogP contribution in [0.15, 0.2) is 60.6 Å². The highest BCUT2D eigenvalue weighted by molar-refractivity contribution is 7.89. The van der Waals surface area contributed by atoms with Gasteiger partial charge in [-0.25, -0.2) is 9.59 Å². The van der Waals surface area contributed by atoms with Gasteiger partial charge in [-0.05, 0) is 19.3 Å². The second-order valence-electron chi connectivity index (χ2n) is 10.7. The lowest BCUT2D eigenvalue weighted by molar-refractivity contribution is -0.148. The number of carbonyl (C=O) groups excluding carboxylic acids is 2. The molecule has 3 rings (SSSR count). The summed E-state index contributed by atoms with van der Waals surface area (Å²) in [6.45, 7) is 12.0. The van der Waals surface area contributed by atoms with Crippen LogP contribution in [0.25, 0.3) is 10.8 Å². The van der Waals surface area contributed by atoms with Gasteiger partial charge < -0.3 is 28.4 Å². The Kier molecular flexibility index (Phi) is 14.7. The fraction of sp³-hybridized carbons (Fsp3) is 0.471. The Hall–Kier alpha value is -3.71. The summed E-state index contributed by atoms with van der Waals surface area (Å²) in [5.41, 5.74) is 1.13. The van der Waals surface area contributed by atoms with Gasteiger partial charge in [0.25, 0.3) is 10.1 Å². The van der Waals surface area contributed by atoms with Gasteiger partial charge in [0.05, 0.1) is 18.1 Å². The normalized spacial score (nSPS) is 14.0. The predicted molar refractivity (Wildman–Crippen MR) is 174 cm³/mol. The Morgan fingerprint density at radius 2 is 1.30 bits per heavy atom. The number of ether oxygens (including phenoxy) is 6. The molecular weight excluding hydrogens is 616 g/mol. The van der Waals surface area contributed by atoms with Gasteiger partial charge in [-0.2, -0.15) is 8.42 Å². The molecule has 0 bridgehead atoms. The van der Waals surface area contributed by atoms with Gasteiger partial charge in [-0.1, -0.05) is 70.2 Å². The average Bonchev–Trinajstić information content (AvgIpc) is 3.05. The molecule has 0 saturated heterocycles. The number of hydrogen-bond donors (Lipinski definition) is 1. The highest BCUT2D eigenvalue weighted by atomic mass is 32.2. The Morgan fingerprint density at radius 1 is 0.826 bits per heavy atom. The summed E-state index contributed by atoms with van der Waals surface area (Å²) >= 11 is 0. The van der Waals surface area contributed by atoms with Crippen LogP contribution in [0.3, 0.4) is 0 Å². The quantitative estimate of drug-likeness (QED) is 0.0807. The van der Waals surface area contributed by atoms with Crippen molar-refractivity contribution in [3.05, 3.63) is 71.7 Å². The fourth-order valence-corrected chi connectivity index (χ4v) is 5.42. The highest BCUT2D eigenvalue weighted by Crippen LogP contribution is 2.44. The van der Waals surface area contributed by atoms with Crippen molar-refractivity contribution in [2.75, 3.05) is 39.6 Å². The van der Waals surface area contributed by atoms with E-state index in [-0.39, 0.29) is 44.2 Å². The second kappa shape index (κ2) is 18.4. The van der Waals surface area contributed by atoms with Crippen molar-refractivity contribution in [2.24, 2.45) is 0 Å². The smallest absolute Gasteiger partial charge is 0.330 e. The van der Waals surface area contributed by atoms with E-state index in [9.17, 15) is 22.6 Å². The van der Waals surface area contributed by atoms with Crippen molar-refractivity contribution in [1.29, 1.82) is 0 Å². The van der Waals surface area contributed by atoms with Crippen LogP contribution in [0, 0.1) is 0 Å². The van der Waals surface area contributed by atoms with Gasteiger partial charge in [0.15, 0.2) is 12.2 Å². The van der Waals surface area contributed by atoms with Crippen molar-refractivity contribution >= 4 is 32.8 Å². The molecule has 2 atom stereocenters. The number of unbranched alkanes of at least 4 members (excludes halogenated alkanes) is 2. The molecule has 2 aromatic carbocycles. The summed E-state index contributed by atoms with van der Waals surface area (Å²) in [6, 6.07) is 7.26. The third kappa shape index (κ3) is 10.7. The average molecular weight is 661 g/mol. The van der Waals surface area contributed by atoms with E-state index >= 15 is 0 Å². The maximum absolute atomic E-state index is 12.2. The van der Waals surface area contributed by atoms with Gasteiger partial charge in [-0.15, -0.1) is 0 Å². The molecule has 0 heterocycles. The maximum atomic E-state index is 12.2. The number of esters is 2. The third-order valence-corrected chi connectivity index (χ3v) is 8.14. The molecule has 0 fully saturated rings. The van der Waals surface area contributed by atoms with Crippen molar-refractivity contribution in [1.82, 2.24) is 0 Å². The molecule has 2 unspecified atom stereocenters. The van der Waals surface area contributed by atoms with Gasteiger partial charge in [0.2, 0.25) is 0 Å². The SMILES string of the molecule is C=CC(=O)OC(COCCCC)COc1c2c(c(OCC(COCCCC)OC(=O)C=C)c3ccccc13)CC(S(=O)(=O)O)=CC2. The van der Waals surface area contributed by atoms with Crippen LogP contribution >= 0.6 is 0 Å². The molecule has 0 spiro atoms. The van der Waals surface area contributed by atoms with E-state index in [1.165, 1.54) is 6.08 Å². The Morgan fingerprint density at radius 3 is 1.74 bits per heavy atom. The molecule has 1 aliphatic carbocycles. The Bertz CT molecular complexity index is 1500. The van der Waals surface area contributed by atoms with Crippen molar-refractivity contribution in [3.8, 4) is 11.5 Å². The number of hydrogen-bond acceptors (Lipinski definition) is 10. The van der Waals surface area contributed by atoms with Crippen molar-refractivity contribution in [2.45, 2.75) is 64.6 Å². The van der Waals surface area contributed by atoms with Crippen LogP contribution in [-0.2, 0) is 51.5 Å². The molecule has 0 saturated carbocycles. The standard InChI is InChI=1S/C34H44O11S/c1-5-9-17-40-20-24(44-31(35)7-3)22-42-33-27-13-11-12-14-28(27)34(30-19-26(46(37,38)39)15-16-29(30)33)43-23-25(45-32(36)8-4)21-41-18-10-6-2/h7-8,11-15,24-25H,3-6,9-10,16-23H2,1-2H3,(H,37,38,39). The van der Waals surface area contributed by atoms with E-state index in [1.54, 1.807) is 12.1 Å². The third-order valence-electron chi connectivity index (χ3n) is 7.16. The summed E-state index contributed by atoms with van der Waals surface area (Å²) in [5, 5.41) is 1.27. The summed E-state index contributed by atoms with van der Waals surface area (Å²) in [4.78, 5) is 23.9. The molecule has 0 aliphatic heterocycles. The van der Waals surface area contributed by atoms with Crippen LogP contribution < -0.4 is 9.47 Å². The van der Waals surface area contributed by atoms with Gasteiger partial charge in [0.1, 0.15) is 24.7 Å². The molecule has 1 aliphatic rings. The summed E-state index contributed by atoms with van der Waals surface area (Å²) in [5.74, 6) is -0.438. The lowest BCUT2D eigenvalue weighted by Gasteiger charge is -2.27. The molecule has 0 aromatic heterocycles. The number of rotatable bonds is 21. The first kappa shape index (κ1) is 36.8. The minimum Gasteiger partial charge on any atom is -0.489 e. The summed E-state index contributed by atoms with van der Waals surface area (Å²) in [7, 11) is -4.50. The Labute approximate surface area is 270 Å². The van der Waals surface area contributed by atoms with E-state index in [1.807, 2.05) is 26.0 Å². The summed E-state index contributed by atoms with van der Waals surface area (Å²) < 4.78 is 69.3. The van der Waals surface area contributed by atoms with E-state index < -0.39 is 34.3 Å². The van der Waals surface area contributed by atoms with E-state index in [2.05, 4.69) is 13.2 Å². The molecule has 11 nitrogen and oxygen atoms in total. The van der Waals surface area contributed by atoms with Gasteiger partial charge in [-0.3, -0.25) is 4.55 Å². The lowest BCUT2D eigenvalue weighted by Crippen LogP contribution is -2.30. The van der Waals surface area contributed by atoms with E-state index in [0.717, 1.165) is 37.8 Å². The van der Waals surface area contributed by atoms with Crippen molar-refractivity contribution in [3.63, 3.8) is 0 Å². The first-order valence-corrected chi connectivity index (χ1v) is 16.9.